The molecule has 0 nitrogen and oxygen atoms in total. The van der Waals surface area contributed by atoms with Crippen LogP contribution in [-0.2, 0) is 12.8 Å². The SMILES string of the molecule is Cc1cc2ccccc2c2ccc3c(c12)CCC3. The Kier molecular flexibility index (Phi) is 2.02. The molecule has 4 rings (SSSR count). The highest BCUT2D eigenvalue weighted by molar-refractivity contribution is 6.10. The fourth-order valence-electron chi connectivity index (χ4n) is 3.51. The molecule has 0 atom stereocenters. The average molecular weight is 232 g/mol. The highest BCUT2D eigenvalue weighted by Gasteiger charge is 2.16. The van der Waals surface area contributed by atoms with Crippen LogP contribution in [0.25, 0.3) is 21.5 Å². The zero-order valence-electron chi connectivity index (χ0n) is 10.7. The first-order valence-corrected chi connectivity index (χ1v) is 6.77. The summed E-state index contributed by atoms with van der Waals surface area (Å²) in [5.74, 6) is 0. The number of hydrogen-bond acceptors (Lipinski definition) is 0. The van der Waals surface area contributed by atoms with Crippen LogP contribution in [0, 0.1) is 6.92 Å². The summed E-state index contributed by atoms with van der Waals surface area (Å²) < 4.78 is 0. The average Bonchev–Trinajstić information content (AvgIpc) is 2.86. The molecular weight excluding hydrogens is 216 g/mol. The van der Waals surface area contributed by atoms with Gasteiger partial charge in [-0.25, -0.2) is 0 Å². The molecule has 88 valence electrons. The quantitative estimate of drug-likeness (QED) is 0.489. The summed E-state index contributed by atoms with van der Waals surface area (Å²) in [7, 11) is 0. The van der Waals surface area contributed by atoms with E-state index in [0.29, 0.717) is 0 Å². The van der Waals surface area contributed by atoms with Gasteiger partial charge < -0.3 is 0 Å². The zero-order chi connectivity index (χ0) is 12.1. The fraction of sp³-hybridized carbons (Fsp3) is 0.222. The maximum atomic E-state index is 2.34. The molecule has 0 amide bonds. The number of rotatable bonds is 0. The minimum atomic E-state index is 1.26. The molecule has 1 aliphatic carbocycles. The number of hydrogen-bond donors (Lipinski definition) is 0. The highest BCUT2D eigenvalue weighted by Crippen LogP contribution is 2.35. The summed E-state index contributed by atoms with van der Waals surface area (Å²) in [6.45, 7) is 2.26. The second-order valence-corrected chi connectivity index (χ2v) is 5.39. The van der Waals surface area contributed by atoms with Crippen LogP contribution in [0.3, 0.4) is 0 Å². The summed E-state index contributed by atoms with van der Waals surface area (Å²) in [5, 5.41) is 5.71. The smallest absolute Gasteiger partial charge is 0.00998 e. The molecule has 0 saturated carbocycles. The van der Waals surface area contributed by atoms with E-state index in [1.165, 1.54) is 46.4 Å². The van der Waals surface area contributed by atoms with Gasteiger partial charge in [-0.2, -0.15) is 0 Å². The van der Waals surface area contributed by atoms with E-state index in [4.69, 9.17) is 0 Å². The van der Waals surface area contributed by atoms with E-state index in [0.717, 1.165) is 0 Å². The predicted molar refractivity (Wildman–Crippen MR) is 78.2 cm³/mol. The van der Waals surface area contributed by atoms with Crippen molar-refractivity contribution >= 4 is 21.5 Å². The van der Waals surface area contributed by atoms with E-state index in [-0.39, 0.29) is 0 Å². The Morgan fingerprint density at radius 3 is 2.72 bits per heavy atom. The van der Waals surface area contributed by atoms with Gasteiger partial charge >= 0.3 is 0 Å². The van der Waals surface area contributed by atoms with Crippen molar-refractivity contribution in [2.45, 2.75) is 26.2 Å². The third kappa shape index (κ3) is 1.26. The molecule has 0 heteroatoms. The van der Waals surface area contributed by atoms with Crippen LogP contribution in [0.5, 0.6) is 0 Å². The van der Waals surface area contributed by atoms with Gasteiger partial charge in [0.1, 0.15) is 0 Å². The molecule has 0 N–H and O–H groups in total. The van der Waals surface area contributed by atoms with Crippen molar-refractivity contribution in [3.8, 4) is 0 Å². The van der Waals surface area contributed by atoms with Crippen LogP contribution in [0.15, 0.2) is 42.5 Å². The van der Waals surface area contributed by atoms with Gasteiger partial charge in [0.05, 0.1) is 0 Å². The van der Waals surface area contributed by atoms with Gasteiger partial charge in [-0.05, 0) is 64.4 Å². The summed E-state index contributed by atoms with van der Waals surface area (Å²) in [6.07, 6.45) is 3.84. The summed E-state index contributed by atoms with van der Waals surface area (Å²) >= 11 is 0. The fourth-order valence-corrected chi connectivity index (χ4v) is 3.51. The van der Waals surface area contributed by atoms with Gasteiger partial charge in [0, 0.05) is 0 Å². The highest BCUT2D eigenvalue weighted by atomic mass is 14.2. The third-order valence-corrected chi connectivity index (χ3v) is 4.30. The lowest BCUT2D eigenvalue weighted by Gasteiger charge is -2.12. The number of benzene rings is 3. The normalized spacial score (nSPS) is 14.3. The maximum absolute atomic E-state index is 2.34. The zero-order valence-corrected chi connectivity index (χ0v) is 10.7. The second-order valence-electron chi connectivity index (χ2n) is 5.39. The lowest BCUT2D eigenvalue weighted by Crippen LogP contribution is -1.89. The van der Waals surface area contributed by atoms with Gasteiger partial charge in [0.15, 0.2) is 0 Å². The molecule has 0 aliphatic heterocycles. The minimum Gasteiger partial charge on any atom is -0.0616 e. The van der Waals surface area contributed by atoms with Crippen molar-refractivity contribution in [1.29, 1.82) is 0 Å². The van der Waals surface area contributed by atoms with Crippen molar-refractivity contribution in [1.82, 2.24) is 0 Å². The lowest BCUT2D eigenvalue weighted by atomic mass is 9.93. The van der Waals surface area contributed by atoms with Crippen molar-refractivity contribution < 1.29 is 0 Å². The predicted octanol–water partition coefficient (Wildman–Crippen LogP) is 4.79. The van der Waals surface area contributed by atoms with E-state index in [1.807, 2.05) is 0 Å². The molecule has 0 radical (unpaired) electrons. The van der Waals surface area contributed by atoms with E-state index in [2.05, 4.69) is 49.4 Å². The Bertz CT molecular complexity index is 766. The van der Waals surface area contributed by atoms with Crippen molar-refractivity contribution in [3.05, 3.63) is 59.2 Å². The number of aryl methyl sites for hydroxylation is 3. The first-order chi connectivity index (χ1) is 8.84. The molecule has 3 aromatic carbocycles. The molecule has 0 bridgehead atoms. The van der Waals surface area contributed by atoms with Crippen molar-refractivity contribution in [2.75, 3.05) is 0 Å². The van der Waals surface area contributed by atoms with Crippen LogP contribution in [0.1, 0.15) is 23.1 Å². The molecule has 0 heterocycles. The summed E-state index contributed by atoms with van der Waals surface area (Å²) in [5.41, 5.74) is 4.61. The Morgan fingerprint density at radius 1 is 0.889 bits per heavy atom. The van der Waals surface area contributed by atoms with Gasteiger partial charge in [-0.3, -0.25) is 0 Å². The van der Waals surface area contributed by atoms with Crippen molar-refractivity contribution in [2.24, 2.45) is 0 Å². The van der Waals surface area contributed by atoms with Gasteiger partial charge in [-0.15, -0.1) is 0 Å². The maximum Gasteiger partial charge on any atom is -0.00998 e. The summed E-state index contributed by atoms with van der Waals surface area (Å²) in [4.78, 5) is 0. The molecule has 0 fully saturated rings. The van der Waals surface area contributed by atoms with E-state index >= 15 is 0 Å². The van der Waals surface area contributed by atoms with Crippen LogP contribution in [0.2, 0.25) is 0 Å². The van der Waals surface area contributed by atoms with Crippen LogP contribution < -0.4 is 0 Å². The van der Waals surface area contributed by atoms with Gasteiger partial charge in [0.25, 0.3) is 0 Å². The molecule has 18 heavy (non-hydrogen) atoms. The largest absolute Gasteiger partial charge is 0.0616 e. The first kappa shape index (κ1) is 10.1. The van der Waals surface area contributed by atoms with Crippen LogP contribution in [0.4, 0.5) is 0 Å². The minimum absolute atomic E-state index is 1.26. The Balaban J connectivity index is 2.26. The van der Waals surface area contributed by atoms with Crippen LogP contribution >= 0.6 is 0 Å². The third-order valence-electron chi connectivity index (χ3n) is 4.30. The molecule has 0 saturated heterocycles. The van der Waals surface area contributed by atoms with E-state index in [1.54, 1.807) is 11.1 Å². The molecular formula is C18H16. The van der Waals surface area contributed by atoms with E-state index < -0.39 is 0 Å². The monoisotopic (exact) mass is 232 g/mol. The Labute approximate surface area is 107 Å². The molecule has 0 spiro atoms. The Morgan fingerprint density at radius 2 is 1.78 bits per heavy atom. The molecule has 0 aromatic heterocycles. The first-order valence-electron chi connectivity index (χ1n) is 6.77. The van der Waals surface area contributed by atoms with Crippen molar-refractivity contribution in [3.63, 3.8) is 0 Å². The topological polar surface area (TPSA) is 0 Å². The second kappa shape index (κ2) is 3.58. The Hall–Kier alpha value is -1.82. The standard InChI is InChI=1S/C18H16/c1-12-11-14-5-2-3-7-15(14)17-10-9-13-6-4-8-16(13)18(12)17/h2-3,5,7,9-11H,4,6,8H2,1H3. The van der Waals surface area contributed by atoms with Gasteiger partial charge in [0.2, 0.25) is 0 Å². The number of fused-ring (bicyclic) bond motifs is 5. The molecule has 1 aliphatic rings. The summed E-state index contributed by atoms with van der Waals surface area (Å²) in [6, 6.07) is 15.8. The van der Waals surface area contributed by atoms with Crippen LogP contribution in [-0.4, -0.2) is 0 Å². The van der Waals surface area contributed by atoms with Gasteiger partial charge in [-0.1, -0.05) is 42.5 Å². The molecule has 3 aromatic rings. The lowest BCUT2D eigenvalue weighted by molar-refractivity contribution is 0.913. The molecule has 0 unspecified atom stereocenters. The van der Waals surface area contributed by atoms with E-state index in [9.17, 15) is 0 Å².